The number of aliphatic hydroxyl groups is 1. The molecular formula is C28H25F2NO6. The Morgan fingerprint density at radius 3 is 2.22 bits per heavy atom. The number of rotatable bonds is 8. The molecule has 4 rings (SSSR count). The third-order valence-electron chi connectivity index (χ3n) is 5.87. The summed E-state index contributed by atoms with van der Waals surface area (Å²) in [4.78, 5) is 27.6. The van der Waals surface area contributed by atoms with Gasteiger partial charge in [0.2, 0.25) is 0 Å². The maximum absolute atomic E-state index is 14.2. The normalized spacial score (nSPS) is 16.7. The van der Waals surface area contributed by atoms with Crippen LogP contribution in [0.15, 0.2) is 66.2 Å². The number of methoxy groups -OCH3 is 1. The molecule has 9 heteroatoms. The molecule has 7 nitrogen and oxygen atoms in total. The molecule has 0 saturated carbocycles. The van der Waals surface area contributed by atoms with Gasteiger partial charge < -0.3 is 19.3 Å². The predicted octanol–water partition coefficient (Wildman–Crippen LogP) is 5.40. The van der Waals surface area contributed by atoms with Crippen molar-refractivity contribution in [2.75, 3.05) is 25.2 Å². The number of benzene rings is 3. The van der Waals surface area contributed by atoms with Gasteiger partial charge in [-0.25, -0.2) is 8.78 Å². The maximum Gasteiger partial charge on any atom is 0.300 e. The summed E-state index contributed by atoms with van der Waals surface area (Å²) in [5.74, 6) is -3.36. The number of amides is 1. The van der Waals surface area contributed by atoms with Gasteiger partial charge in [-0.3, -0.25) is 14.5 Å². The molecule has 0 aromatic heterocycles. The maximum atomic E-state index is 14.2. The Labute approximate surface area is 212 Å². The number of carbonyl (C=O) groups excluding carboxylic acids is 2. The first-order valence-electron chi connectivity index (χ1n) is 11.6. The van der Waals surface area contributed by atoms with E-state index in [1.54, 1.807) is 49.4 Å². The first-order chi connectivity index (χ1) is 17.8. The van der Waals surface area contributed by atoms with Crippen molar-refractivity contribution < 1.29 is 37.7 Å². The molecule has 1 unspecified atom stereocenters. The van der Waals surface area contributed by atoms with Crippen LogP contribution in [0, 0.1) is 11.6 Å². The predicted molar refractivity (Wildman–Crippen MR) is 133 cm³/mol. The van der Waals surface area contributed by atoms with E-state index in [9.17, 15) is 23.5 Å². The number of ether oxygens (including phenoxy) is 3. The topological polar surface area (TPSA) is 85.3 Å². The van der Waals surface area contributed by atoms with Crippen LogP contribution in [0.4, 0.5) is 14.5 Å². The monoisotopic (exact) mass is 509 g/mol. The average Bonchev–Trinajstić information content (AvgIpc) is 3.16. The Morgan fingerprint density at radius 1 is 0.892 bits per heavy atom. The van der Waals surface area contributed by atoms with E-state index in [2.05, 4.69) is 0 Å². The van der Waals surface area contributed by atoms with Gasteiger partial charge in [0.15, 0.2) is 23.1 Å². The molecular weight excluding hydrogens is 484 g/mol. The van der Waals surface area contributed by atoms with E-state index in [-0.39, 0.29) is 16.8 Å². The SMILES string of the molecule is CCOc1ccc(/C(O)=C2\C(=O)C(=O)N(c3ccc(F)c(F)c3)C2c2ccc(OC)c(OCC)c2)cc1. The highest BCUT2D eigenvalue weighted by Crippen LogP contribution is 2.44. The van der Waals surface area contributed by atoms with E-state index in [1.807, 2.05) is 6.92 Å². The largest absolute Gasteiger partial charge is 0.507 e. The van der Waals surface area contributed by atoms with Crippen molar-refractivity contribution in [3.05, 3.63) is 89.0 Å². The van der Waals surface area contributed by atoms with Gasteiger partial charge in [-0.05, 0) is 67.9 Å². The highest BCUT2D eigenvalue weighted by atomic mass is 19.2. The summed E-state index contributed by atoms with van der Waals surface area (Å²) in [6.45, 7) is 4.38. The van der Waals surface area contributed by atoms with Gasteiger partial charge in [-0.1, -0.05) is 6.07 Å². The molecule has 1 N–H and O–H groups in total. The van der Waals surface area contributed by atoms with Crippen LogP contribution in [0.1, 0.15) is 31.0 Å². The number of carbonyl (C=O) groups is 2. The first-order valence-corrected chi connectivity index (χ1v) is 11.6. The quantitative estimate of drug-likeness (QED) is 0.249. The molecule has 37 heavy (non-hydrogen) atoms. The average molecular weight is 510 g/mol. The van der Waals surface area contributed by atoms with Gasteiger partial charge in [-0.15, -0.1) is 0 Å². The lowest BCUT2D eigenvalue weighted by Gasteiger charge is -2.26. The molecule has 0 aliphatic carbocycles. The van der Waals surface area contributed by atoms with Crippen LogP contribution < -0.4 is 19.1 Å². The van der Waals surface area contributed by atoms with Gasteiger partial charge in [0.25, 0.3) is 11.7 Å². The Balaban J connectivity index is 1.93. The van der Waals surface area contributed by atoms with Crippen LogP contribution in [0.3, 0.4) is 0 Å². The summed E-state index contributed by atoms with van der Waals surface area (Å²) in [6.07, 6.45) is 0. The van der Waals surface area contributed by atoms with Gasteiger partial charge in [-0.2, -0.15) is 0 Å². The fraction of sp³-hybridized carbons (Fsp3) is 0.214. The standard InChI is InChI=1S/C28H25F2NO6/c1-4-36-19-10-6-16(7-11-19)26(32)24-25(17-8-13-22(35-3)23(14-17)37-5-2)31(28(34)27(24)33)18-9-12-20(29)21(30)15-18/h6-15,25,32H,4-5H2,1-3H3/b26-24+. The number of halogens is 2. The molecule has 1 heterocycles. The zero-order chi connectivity index (χ0) is 26.7. The third-order valence-corrected chi connectivity index (χ3v) is 5.87. The lowest BCUT2D eigenvalue weighted by molar-refractivity contribution is -0.132. The smallest absolute Gasteiger partial charge is 0.300 e. The van der Waals surface area contributed by atoms with Crippen molar-refractivity contribution in [1.82, 2.24) is 0 Å². The van der Waals surface area contributed by atoms with Crippen LogP contribution in [0.5, 0.6) is 17.2 Å². The van der Waals surface area contributed by atoms with Gasteiger partial charge >= 0.3 is 0 Å². The van der Waals surface area contributed by atoms with E-state index in [0.717, 1.165) is 17.0 Å². The molecule has 0 spiro atoms. The number of aliphatic hydroxyl groups excluding tert-OH is 1. The van der Waals surface area contributed by atoms with E-state index < -0.39 is 35.1 Å². The van der Waals surface area contributed by atoms with Crippen LogP contribution in [0.2, 0.25) is 0 Å². The van der Waals surface area contributed by atoms with Crippen molar-refractivity contribution in [3.63, 3.8) is 0 Å². The first kappa shape index (κ1) is 25.7. The summed E-state index contributed by atoms with van der Waals surface area (Å²) in [7, 11) is 1.47. The number of hydrogen-bond acceptors (Lipinski definition) is 6. The number of nitrogens with zero attached hydrogens (tertiary/aromatic N) is 1. The molecule has 3 aromatic carbocycles. The molecule has 0 bridgehead atoms. The highest BCUT2D eigenvalue weighted by molar-refractivity contribution is 6.51. The summed E-state index contributed by atoms with van der Waals surface area (Å²) < 4.78 is 44.3. The fourth-order valence-corrected chi connectivity index (χ4v) is 4.21. The Hall–Kier alpha value is -4.40. The fourth-order valence-electron chi connectivity index (χ4n) is 4.21. The Kier molecular flexibility index (Phi) is 7.42. The minimum absolute atomic E-state index is 0.0504. The van der Waals surface area contributed by atoms with E-state index >= 15 is 0 Å². The zero-order valence-electron chi connectivity index (χ0n) is 20.5. The molecule has 1 amide bonds. The molecule has 0 radical (unpaired) electrons. The van der Waals surface area contributed by atoms with Crippen LogP contribution in [0.25, 0.3) is 5.76 Å². The van der Waals surface area contributed by atoms with E-state index in [1.165, 1.54) is 13.2 Å². The second-order valence-electron chi connectivity index (χ2n) is 8.07. The van der Waals surface area contributed by atoms with Gasteiger partial charge in [0.1, 0.15) is 11.5 Å². The second-order valence-corrected chi connectivity index (χ2v) is 8.07. The Morgan fingerprint density at radius 2 is 1.59 bits per heavy atom. The van der Waals surface area contributed by atoms with Crippen molar-refractivity contribution in [1.29, 1.82) is 0 Å². The summed E-state index contributed by atoms with van der Waals surface area (Å²) in [5.41, 5.74) is 0.396. The van der Waals surface area contributed by atoms with Crippen LogP contribution in [-0.2, 0) is 9.59 Å². The molecule has 1 aliphatic rings. The zero-order valence-corrected chi connectivity index (χ0v) is 20.5. The molecule has 1 atom stereocenters. The molecule has 3 aromatic rings. The number of Topliss-reactive ketones (excluding diaryl/α,β-unsaturated/α-hetero) is 1. The Bertz CT molecular complexity index is 1370. The van der Waals surface area contributed by atoms with Crippen LogP contribution in [-0.4, -0.2) is 37.1 Å². The van der Waals surface area contributed by atoms with E-state index in [0.29, 0.717) is 36.0 Å². The lowest BCUT2D eigenvalue weighted by Crippen LogP contribution is -2.29. The number of anilines is 1. The van der Waals surface area contributed by atoms with Crippen LogP contribution >= 0.6 is 0 Å². The summed E-state index contributed by atoms with van der Waals surface area (Å²) >= 11 is 0. The summed E-state index contributed by atoms with van der Waals surface area (Å²) in [6, 6.07) is 12.9. The molecule has 192 valence electrons. The van der Waals surface area contributed by atoms with Crippen molar-refractivity contribution in [3.8, 4) is 17.2 Å². The third kappa shape index (κ3) is 4.84. The number of ketones is 1. The summed E-state index contributed by atoms with van der Waals surface area (Å²) in [5, 5.41) is 11.2. The van der Waals surface area contributed by atoms with Gasteiger partial charge in [0.05, 0.1) is 31.9 Å². The molecule has 1 saturated heterocycles. The molecule has 1 aliphatic heterocycles. The van der Waals surface area contributed by atoms with E-state index in [4.69, 9.17) is 14.2 Å². The minimum Gasteiger partial charge on any atom is -0.507 e. The molecule has 1 fully saturated rings. The van der Waals surface area contributed by atoms with Crippen molar-refractivity contribution in [2.45, 2.75) is 19.9 Å². The highest BCUT2D eigenvalue weighted by Gasteiger charge is 2.47. The minimum atomic E-state index is -1.19. The number of hydrogen-bond donors (Lipinski definition) is 1. The van der Waals surface area contributed by atoms with Gasteiger partial charge in [0, 0.05) is 17.3 Å². The lowest BCUT2D eigenvalue weighted by atomic mass is 9.94. The second kappa shape index (κ2) is 10.7. The van der Waals surface area contributed by atoms with Crippen molar-refractivity contribution in [2.24, 2.45) is 0 Å². The van der Waals surface area contributed by atoms with Crippen molar-refractivity contribution >= 4 is 23.1 Å².